The summed E-state index contributed by atoms with van der Waals surface area (Å²) >= 11 is 0. The second kappa shape index (κ2) is 10.6. The summed E-state index contributed by atoms with van der Waals surface area (Å²) < 4.78 is 81.5. The second-order valence-corrected chi connectivity index (χ2v) is 9.99. The molecule has 2 aliphatic carbocycles. The van der Waals surface area contributed by atoms with E-state index in [1.54, 1.807) is 0 Å². The monoisotopic (exact) mass is 492 g/mol. The van der Waals surface area contributed by atoms with Crippen LogP contribution in [0.2, 0.25) is 0 Å². The van der Waals surface area contributed by atoms with Crippen LogP contribution < -0.4 is 0 Å². The molecule has 188 valence electrons. The zero-order valence-electron chi connectivity index (χ0n) is 19.6. The highest BCUT2D eigenvalue weighted by Crippen LogP contribution is 2.44. The van der Waals surface area contributed by atoms with E-state index in [-0.39, 0.29) is 17.0 Å². The second-order valence-electron chi connectivity index (χ2n) is 9.99. The topological polar surface area (TPSA) is 0 Å². The van der Waals surface area contributed by atoms with Crippen molar-refractivity contribution in [3.63, 3.8) is 0 Å². The van der Waals surface area contributed by atoms with Gasteiger partial charge in [-0.3, -0.25) is 0 Å². The molecule has 0 radical (unpaired) electrons. The zero-order chi connectivity index (χ0) is 25.2. The highest BCUT2D eigenvalue weighted by Gasteiger charge is 2.34. The first kappa shape index (κ1) is 25.6. The minimum atomic E-state index is -4.80. The van der Waals surface area contributed by atoms with Crippen LogP contribution in [0.4, 0.5) is 26.3 Å². The van der Waals surface area contributed by atoms with Gasteiger partial charge in [0.1, 0.15) is 17.5 Å². The third kappa shape index (κ3) is 6.02. The van der Waals surface area contributed by atoms with E-state index in [1.165, 1.54) is 43.9 Å². The Balaban J connectivity index is 1.40. The van der Waals surface area contributed by atoms with Crippen molar-refractivity contribution >= 4 is 12.2 Å². The Labute approximate surface area is 202 Å². The molecule has 35 heavy (non-hydrogen) atoms. The quantitative estimate of drug-likeness (QED) is 0.221. The number of alkyl halides is 3. The van der Waals surface area contributed by atoms with E-state index < -0.39 is 29.2 Å². The average molecular weight is 493 g/mol. The first-order valence-corrected chi connectivity index (χ1v) is 12.3. The highest BCUT2D eigenvalue weighted by molar-refractivity contribution is 5.70. The minimum absolute atomic E-state index is 0.0822. The molecule has 4 rings (SSSR count). The third-order valence-electron chi connectivity index (χ3n) is 7.90. The first-order valence-electron chi connectivity index (χ1n) is 12.3. The number of hydrogen-bond acceptors (Lipinski definition) is 0. The van der Waals surface area contributed by atoms with Gasteiger partial charge in [0.25, 0.3) is 0 Å². The molecule has 0 bridgehead atoms. The SMILES string of the molecule is C=CC1CCC(C2CCC(c3cc(F)c(/C=C/c4ccc(C(F)(F)F)c(F)c4)c(F)c3)CC2)CC1. The van der Waals surface area contributed by atoms with E-state index in [1.807, 2.05) is 0 Å². The van der Waals surface area contributed by atoms with Gasteiger partial charge in [-0.05, 0) is 117 Å². The summed E-state index contributed by atoms with van der Waals surface area (Å²) in [6.45, 7) is 3.91. The molecule has 0 aromatic heterocycles. The lowest BCUT2D eigenvalue weighted by molar-refractivity contribution is -0.140. The van der Waals surface area contributed by atoms with Crippen LogP contribution in [0.5, 0.6) is 0 Å². The molecule has 2 aromatic rings. The predicted molar refractivity (Wildman–Crippen MR) is 127 cm³/mol. The summed E-state index contributed by atoms with van der Waals surface area (Å²) in [6.07, 6.45) is 8.44. The van der Waals surface area contributed by atoms with E-state index in [0.717, 1.165) is 43.7 Å². The van der Waals surface area contributed by atoms with Crippen molar-refractivity contribution in [2.45, 2.75) is 63.5 Å². The smallest absolute Gasteiger partial charge is 0.206 e. The van der Waals surface area contributed by atoms with Crippen LogP contribution in [0.3, 0.4) is 0 Å². The molecule has 0 aliphatic heterocycles. The van der Waals surface area contributed by atoms with Crippen LogP contribution in [0.15, 0.2) is 43.0 Å². The molecule has 0 heterocycles. The number of hydrogen-bond donors (Lipinski definition) is 0. The summed E-state index contributed by atoms with van der Waals surface area (Å²) in [5, 5.41) is 0. The van der Waals surface area contributed by atoms with E-state index in [2.05, 4.69) is 12.7 Å². The van der Waals surface area contributed by atoms with Gasteiger partial charge in [0.2, 0.25) is 0 Å². The molecule has 0 saturated heterocycles. The van der Waals surface area contributed by atoms with Crippen LogP contribution in [-0.4, -0.2) is 0 Å². The van der Waals surface area contributed by atoms with Crippen molar-refractivity contribution in [1.29, 1.82) is 0 Å². The molecule has 6 heteroatoms. The van der Waals surface area contributed by atoms with Crippen LogP contribution >= 0.6 is 0 Å². The summed E-state index contributed by atoms with van der Waals surface area (Å²) in [6, 6.07) is 5.10. The Morgan fingerprint density at radius 3 is 1.80 bits per heavy atom. The maximum atomic E-state index is 14.8. The van der Waals surface area contributed by atoms with Crippen molar-refractivity contribution in [1.82, 2.24) is 0 Å². The molecule has 0 N–H and O–H groups in total. The van der Waals surface area contributed by atoms with Crippen molar-refractivity contribution < 1.29 is 26.3 Å². The van der Waals surface area contributed by atoms with Gasteiger partial charge in [-0.25, -0.2) is 13.2 Å². The molecule has 0 unspecified atom stereocenters. The summed E-state index contributed by atoms with van der Waals surface area (Å²) in [4.78, 5) is 0. The minimum Gasteiger partial charge on any atom is -0.206 e. The van der Waals surface area contributed by atoms with Gasteiger partial charge >= 0.3 is 6.18 Å². The molecule has 0 spiro atoms. The van der Waals surface area contributed by atoms with Crippen LogP contribution in [0.1, 0.15) is 79.5 Å². The predicted octanol–water partition coefficient (Wildman–Crippen LogP) is 9.56. The van der Waals surface area contributed by atoms with Crippen molar-refractivity contribution in [3.8, 4) is 0 Å². The Morgan fingerprint density at radius 2 is 1.29 bits per heavy atom. The molecular formula is C29H30F6. The fraction of sp³-hybridized carbons (Fsp3) is 0.448. The Bertz CT molecular complexity index is 1040. The molecule has 2 saturated carbocycles. The Morgan fingerprint density at radius 1 is 0.714 bits per heavy atom. The molecule has 2 aliphatic rings. The average Bonchev–Trinajstić information content (AvgIpc) is 2.83. The summed E-state index contributed by atoms with van der Waals surface area (Å²) in [5.41, 5.74) is -0.942. The fourth-order valence-electron chi connectivity index (χ4n) is 5.82. The molecule has 0 nitrogen and oxygen atoms in total. The van der Waals surface area contributed by atoms with Crippen molar-refractivity contribution in [2.24, 2.45) is 17.8 Å². The van der Waals surface area contributed by atoms with Crippen LogP contribution in [0.25, 0.3) is 12.2 Å². The first-order chi connectivity index (χ1) is 16.7. The lowest BCUT2D eigenvalue weighted by Crippen LogP contribution is -2.25. The lowest BCUT2D eigenvalue weighted by Gasteiger charge is -2.37. The Hall–Kier alpha value is -2.50. The summed E-state index contributed by atoms with van der Waals surface area (Å²) in [7, 11) is 0. The van der Waals surface area contributed by atoms with Gasteiger partial charge in [0, 0.05) is 5.56 Å². The highest BCUT2D eigenvalue weighted by atomic mass is 19.4. The van der Waals surface area contributed by atoms with Crippen molar-refractivity contribution in [2.75, 3.05) is 0 Å². The zero-order valence-corrected chi connectivity index (χ0v) is 19.6. The maximum Gasteiger partial charge on any atom is 0.419 e. The standard InChI is InChI=1S/C29H30F6/c1-2-18-3-7-20(8-4-18)21-9-11-22(12-10-21)23-16-26(30)24(27(31)17-23)13-5-19-6-14-25(28(32)15-19)29(33,34)35/h2,5-6,13-18,20-22H,1,3-4,7-12H2/b13-5+. The van der Waals surface area contributed by atoms with Crippen molar-refractivity contribution in [3.05, 3.63) is 82.7 Å². The van der Waals surface area contributed by atoms with Gasteiger partial charge < -0.3 is 0 Å². The number of allylic oxidation sites excluding steroid dienone is 1. The maximum absolute atomic E-state index is 14.8. The summed E-state index contributed by atoms with van der Waals surface area (Å²) in [5.74, 6) is -0.718. The van der Waals surface area contributed by atoms with Gasteiger partial charge in [-0.2, -0.15) is 13.2 Å². The largest absolute Gasteiger partial charge is 0.419 e. The normalized spacial score (nSPS) is 25.7. The van der Waals surface area contributed by atoms with E-state index >= 15 is 0 Å². The molecule has 0 amide bonds. The van der Waals surface area contributed by atoms with Crippen LogP contribution in [0, 0.1) is 35.2 Å². The molecule has 2 aromatic carbocycles. The van der Waals surface area contributed by atoms with Gasteiger partial charge in [0.05, 0.1) is 5.56 Å². The van der Waals surface area contributed by atoms with Gasteiger partial charge in [0.15, 0.2) is 0 Å². The Kier molecular flexibility index (Phi) is 7.77. The van der Waals surface area contributed by atoms with E-state index in [9.17, 15) is 26.3 Å². The fourth-order valence-corrected chi connectivity index (χ4v) is 5.82. The molecule has 0 atom stereocenters. The number of benzene rings is 2. The van der Waals surface area contributed by atoms with Gasteiger partial charge in [-0.1, -0.05) is 18.2 Å². The van der Waals surface area contributed by atoms with E-state index in [0.29, 0.717) is 29.5 Å². The van der Waals surface area contributed by atoms with Crippen LogP contribution in [-0.2, 0) is 6.18 Å². The third-order valence-corrected chi connectivity index (χ3v) is 7.90. The number of halogens is 6. The lowest BCUT2D eigenvalue weighted by atomic mass is 9.68. The van der Waals surface area contributed by atoms with Gasteiger partial charge in [-0.15, -0.1) is 6.58 Å². The molecular weight excluding hydrogens is 462 g/mol. The number of rotatable bonds is 5. The molecule has 2 fully saturated rings. The van der Waals surface area contributed by atoms with E-state index in [4.69, 9.17) is 0 Å².